The molecule has 0 radical (unpaired) electrons. The Morgan fingerprint density at radius 3 is 2.67 bits per heavy atom. The van der Waals surface area contributed by atoms with Crippen molar-refractivity contribution in [2.45, 2.75) is 70.8 Å². The molecule has 2 atom stereocenters. The van der Waals surface area contributed by atoms with E-state index < -0.39 is 23.4 Å². The van der Waals surface area contributed by atoms with Crippen molar-refractivity contribution in [2.24, 2.45) is 0 Å². The van der Waals surface area contributed by atoms with Crippen LogP contribution in [0, 0.1) is 0 Å². The quantitative estimate of drug-likeness (QED) is 0.377. The van der Waals surface area contributed by atoms with Gasteiger partial charge in [0.25, 0.3) is 5.56 Å². The van der Waals surface area contributed by atoms with Crippen LogP contribution in [0.15, 0.2) is 29.1 Å². The summed E-state index contributed by atoms with van der Waals surface area (Å²) in [6.07, 6.45) is 5.64. The molecule has 0 bridgehead atoms. The van der Waals surface area contributed by atoms with Crippen molar-refractivity contribution in [3.05, 3.63) is 45.7 Å². The second-order valence-corrected chi connectivity index (χ2v) is 9.26. The van der Waals surface area contributed by atoms with Gasteiger partial charge in [-0.3, -0.25) is 19.4 Å². The minimum atomic E-state index is -0.985. The van der Waals surface area contributed by atoms with E-state index in [0.717, 1.165) is 45.1 Å². The van der Waals surface area contributed by atoms with Gasteiger partial charge in [0.05, 0.1) is 23.7 Å². The molecule has 0 saturated carbocycles. The van der Waals surface area contributed by atoms with Gasteiger partial charge in [-0.15, -0.1) is 0 Å². The average molecular weight is 496 g/mol. The SMILES string of the molecule is CCCCOC(=O)c1ccc(NC(=O)[C@@H]2CC(=O)Nc3nc(N4CCCC[C@@H]4CC)[nH]c(=O)c32)cc1. The van der Waals surface area contributed by atoms with Gasteiger partial charge >= 0.3 is 5.97 Å². The summed E-state index contributed by atoms with van der Waals surface area (Å²) in [6.45, 7) is 5.25. The van der Waals surface area contributed by atoms with Gasteiger partial charge in [-0.25, -0.2) is 4.79 Å². The van der Waals surface area contributed by atoms with Crippen LogP contribution < -0.4 is 21.1 Å². The lowest BCUT2D eigenvalue weighted by Gasteiger charge is -2.36. The minimum absolute atomic E-state index is 0.135. The summed E-state index contributed by atoms with van der Waals surface area (Å²) in [5.41, 5.74) is 0.540. The number of aromatic amines is 1. The van der Waals surface area contributed by atoms with Crippen molar-refractivity contribution in [3.8, 4) is 0 Å². The molecule has 36 heavy (non-hydrogen) atoms. The number of anilines is 3. The molecule has 2 aliphatic rings. The molecule has 1 aromatic carbocycles. The monoisotopic (exact) mass is 495 g/mol. The fraction of sp³-hybridized carbons (Fsp3) is 0.500. The number of fused-ring (bicyclic) bond motifs is 1. The third-order valence-corrected chi connectivity index (χ3v) is 6.74. The van der Waals surface area contributed by atoms with E-state index in [1.54, 1.807) is 24.3 Å². The number of piperidine rings is 1. The van der Waals surface area contributed by atoms with E-state index >= 15 is 0 Å². The number of carbonyl (C=O) groups is 3. The molecular weight excluding hydrogens is 462 g/mol. The fourth-order valence-corrected chi connectivity index (χ4v) is 4.73. The summed E-state index contributed by atoms with van der Waals surface area (Å²) in [7, 11) is 0. The zero-order chi connectivity index (χ0) is 25.7. The molecule has 0 spiro atoms. The van der Waals surface area contributed by atoms with Gasteiger partial charge in [0.15, 0.2) is 0 Å². The summed E-state index contributed by atoms with van der Waals surface area (Å²) in [5, 5.41) is 5.43. The van der Waals surface area contributed by atoms with E-state index in [1.807, 2.05) is 6.92 Å². The van der Waals surface area contributed by atoms with Crippen molar-refractivity contribution in [3.63, 3.8) is 0 Å². The first-order valence-corrected chi connectivity index (χ1v) is 12.7. The zero-order valence-corrected chi connectivity index (χ0v) is 20.8. The standard InChI is InChI=1S/C26H33N5O5/c1-3-5-14-36-25(35)16-9-11-17(12-10-16)27-23(33)19-15-20(32)28-22-21(19)24(34)30-26(29-22)31-13-7-6-8-18(31)4-2/h9-12,18-19H,3-8,13-15H2,1-2H3,(H,27,33)(H2,28,29,30,32,34)/t18-,19+/m0/s1. The highest BCUT2D eigenvalue weighted by atomic mass is 16.5. The number of unbranched alkanes of at least 4 members (excludes halogenated alkanes) is 1. The number of rotatable bonds is 8. The van der Waals surface area contributed by atoms with Crippen LogP contribution >= 0.6 is 0 Å². The van der Waals surface area contributed by atoms with E-state index in [1.165, 1.54) is 0 Å². The Kier molecular flexibility index (Phi) is 8.02. The Labute approximate surface area is 209 Å². The van der Waals surface area contributed by atoms with Crippen LogP contribution in [-0.2, 0) is 14.3 Å². The number of hydrogen-bond donors (Lipinski definition) is 3. The lowest BCUT2D eigenvalue weighted by Crippen LogP contribution is -2.43. The molecule has 4 rings (SSSR count). The molecule has 3 N–H and O–H groups in total. The molecule has 10 heteroatoms. The number of hydrogen-bond acceptors (Lipinski definition) is 7. The van der Waals surface area contributed by atoms with Crippen LogP contribution in [0.25, 0.3) is 0 Å². The largest absolute Gasteiger partial charge is 0.462 e. The molecule has 192 valence electrons. The number of carbonyl (C=O) groups excluding carboxylic acids is 3. The average Bonchev–Trinajstić information content (AvgIpc) is 2.88. The predicted octanol–water partition coefficient (Wildman–Crippen LogP) is 3.56. The molecule has 1 aromatic heterocycles. The Hall–Kier alpha value is -3.69. The summed E-state index contributed by atoms with van der Waals surface area (Å²) in [6, 6.07) is 6.57. The van der Waals surface area contributed by atoms with Crippen molar-refractivity contribution >= 4 is 35.2 Å². The first kappa shape index (κ1) is 25.4. The number of nitrogens with zero attached hydrogens (tertiary/aromatic N) is 2. The summed E-state index contributed by atoms with van der Waals surface area (Å²) in [4.78, 5) is 60.3. The molecule has 1 fully saturated rings. The maximum absolute atomic E-state index is 13.1. The van der Waals surface area contributed by atoms with Gasteiger partial charge in [-0.05, 0) is 56.4 Å². The smallest absolute Gasteiger partial charge is 0.338 e. The lowest BCUT2D eigenvalue weighted by molar-refractivity contribution is -0.123. The van der Waals surface area contributed by atoms with Gasteiger partial charge in [0, 0.05) is 24.7 Å². The van der Waals surface area contributed by atoms with E-state index in [0.29, 0.717) is 23.8 Å². The van der Waals surface area contributed by atoms with Crippen LogP contribution in [-0.4, -0.2) is 46.9 Å². The van der Waals surface area contributed by atoms with Crippen LogP contribution in [0.3, 0.4) is 0 Å². The van der Waals surface area contributed by atoms with Gasteiger partial charge in [0.1, 0.15) is 5.82 Å². The third-order valence-electron chi connectivity index (χ3n) is 6.74. The molecule has 2 aliphatic heterocycles. The molecule has 10 nitrogen and oxygen atoms in total. The fourth-order valence-electron chi connectivity index (χ4n) is 4.73. The summed E-state index contributed by atoms with van der Waals surface area (Å²) in [5.74, 6) is -1.71. The Balaban J connectivity index is 1.51. The predicted molar refractivity (Wildman–Crippen MR) is 136 cm³/mol. The van der Waals surface area contributed by atoms with Gasteiger partial charge < -0.3 is 20.3 Å². The van der Waals surface area contributed by atoms with Gasteiger partial charge in [-0.1, -0.05) is 20.3 Å². The van der Waals surface area contributed by atoms with Crippen LogP contribution in [0.4, 0.5) is 17.5 Å². The van der Waals surface area contributed by atoms with Crippen LogP contribution in [0.1, 0.15) is 80.6 Å². The number of benzene rings is 1. The molecule has 0 unspecified atom stereocenters. The Morgan fingerprint density at radius 2 is 1.94 bits per heavy atom. The summed E-state index contributed by atoms with van der Waals surface area (Å²) < 4.78 is 5.20. The highest BCUT2D eigenvalue weighted by Gasteiger charge is 2.36. The minimum Gasteiger partial charge on any atom is -0.462 e. The molecule has 2 amide bonds. The number of H-pyrrole nitrogens is 1. The third kappa shape index (κ3) is 5.58. The molecule has 2 aromatic rings. The topological polar surface area (TPSA) is 133 Å². The maximum Gasteiger partial charge on any atom is 0.338 e. The first-order chi connectivity index (χ1) is 17.4. The highest BCUT2D eigenvalue weighted by molar-refractivity contribution is 6.04. The molecule has 0 aliphatic carbocycles. The Bertz CT molecular complexity index is 1180. The van der Waals surface area contributed by atoms with Crippen molar-refractivity contribution in [1.82, 2.24) is 9.97 Å². The molecule has 3 heterocycles. The summed E-state index contributed by atoms with van der Waals surface area (Å²) >= 11 is 0. The number of amides is 2. The number of nitrogens with one attached hydrogen (secondary N) is 3. The molecular formula is C26H33N5O5. The van der Waals surface area contributed by atoms with Gasteiger partial charge in [0.2, 0.25) is 17.8 Å². The van der Waals surface area contributed by atoms with Crippen LogP contribution in [0.2, 0.25) is 0 Å². The second kappa shape index (κ2) is 11.4. The molecule has 1 saturated heterocycles. The van der Waals surface area contributed by atoms with E-state index in [2.05, 4.69) is 32.4 Å². The first-order valence-electron chi connectivity index (χ1n) is 12.7. The van der Waals surface area contributed by atoms with Crippen molar-refractivity contribution in [2.75, 3.05) is 28.7 Å². The maximum atomic E-state index is 13.1. The normalized spacial score (nSPS) is 19.3. The van der Waals surface area contributed by atoms with E-state index in [4.69, 9.17) is 4.74 Å². The van der Waals surface area contributed by atoms with E-state index in [-0.39, 0.29) is 29.8 Å². The Morgan fingerprint density at radius 1 is 1.17 bits per heavy atom. The highest BCUT2D eigenvalue weighted by Crippen LogP contribution is 2.31. The zero-order valence-electron chi connectivity index (χ0n) is 20.8. The van der Waals surface area contributed by atoms with Crippen LogP contribution in [0.5, 0.6) is 0 Å². The van der Waals surface area contributed by atoms with E-state index in [9.17, 15) is 19.2 Å². The number of aromatic nitrogens is 2. The van der Waals surface area contributed by atoms with Crippen molar-refractivity contribution < 1.29 is 19.1 Å². The lowest BCUT2D eigenvalue weighted by atomic mass is 9.92. The number of esters is 1. The number of ether oxygens (including phenoxy) is 1. The van der Waals surface area contributed by atoms with Gasteiger partial charge in [-0.2, -0.15) is 4.98 Å². The second-order valence-electron chi connectivity index (χ2n) is 9.26. The van der Waals surface area contributed by atoms with Crippen molar-refractivity contribution in [1.29, 1.82) is 0 Å².